The topological polar surface area (TPSA) is 41.1 Å². The Morgan fingerprint density at radius 3 is 2.40 bits per heavy atom. The van der Waals surface area contributed by atoms with Crippen molar-refractivity contribution < 1.29 is 4.79 Å². The van der Waals surface area contributed by atoms with E-state index in [1.54, 1.807) is 6.08 Å². The standard InChI is InChI=1S/C17H18N2O/c1-2-12-18-17(20)15-8-10-16(11-9-15)19-13-14-6-4-3-5-7-14/h2-11,19H,1,12-13H2,(H,18,20). The third-order valence-corrected chi connectivity index (χ3v) is 2.89. The van der Waals surface area contributed by atoms with Gasteiger partial charge in [-0.05, 0) is 29.8 Å². The Bertz CT molecular complexity index is 561. The number of benzene rings is 2. The molecule has 0 heterocycles. The van der Waals surface area contributed by atoms with E-state index in [2.05, 4.69) is 29.3 Å². The first-order valence-corrected chi connectivity index (χ1v) is 6.56. The van der Waals surface area contributed by atoms with Crippen LogP contribution < -0.4 is 10.6 Å². The van der Waals surface area contributed by atoms with E-state index in [1.807, 2.05) is 42.5 Å². The second-order valence-corrected chi connectivity index (χ2v) is 4.42. The Morgan fingerprint density at radius 1 is 1.05 bits per heavy atom. The molecule has 0 saturated heterocycles. The van der Waals surface area contributed by atoms with Crippen LogP contribution in [0.1, 0.15) is 15.9 Å². The monoisotopic (exact) mass is 266 g/mol. The second kappa shape index (κ2) is 7.14. The summed E-state index contributed by atoms with van der Waals surface area (Å²) >= 11 is 0. The lowest BCUT2D eigenvalue weighted by Gasteiger charge is -2.07. The summed E-state index contributed by atoms with van der Waals surface area (Å²) in [5.74, 6) is -0.0838. The Balaban J connectivity index is 1.91. The largest absolute Gasteiger partial charge is 0.381 e. The minimum Gasteiger partial charge on any atom is -0.381 e. The quantitative estimate of drug-likeness (QED) is 0.788. The molecule has 0 aliphatic heterocycles. The second-order valence-electron chi connectivity index (χ2n) is 4.42. The van der Waals surface area contributed by atoms with Crippen LogP contribution in [0.4, 0.5) is 5.69 Å². The fourth-order valence-corrected chi connectivity index (χ4v) is 1.81. The fourth-order valence-electron chi connectivity index (χ4n) is 1.81. The number of carbonyl (C=O) groups is 1. The van der Waals surface area contributed by atoms with E-state index < -0.39 is 0 Å². The molecule has 0 aliphatic carbocycles. The molecule has 0 fully saturated rings. The van der Waals surface area contributed by atoms with Crippen LogP contribution in [-0.4, -0.2) is 12.5 Å². The van der Waals surface area contributed by atoms with Gasteiger partial charge in [-0.1, -0.05) is 36.4 Å². The normalized spacial score (nSPS) is 9.80. The maximum atomic E-state index is 11.7. The molecule has 0 radical (unpaired) electrons. The van der Waals surface area contributed by atoms with Crippen LogP contribution in [0.2, 0.25) is 0 Å². The van der Waals surface area contributed by atoms with E-state index in [-0.39, 0.29) is 5.91 Å². The summed E-state index contributed by atoms with van der Waals surface area (Å²) in [6, 6.07) is 17.6. The zero-order chi connectivity index (χ0) is 14.2. The first kappa shape index (κ1) is 13.9. The average Bonchev–Trinajstić information content (AvgIpc) is 2.52. The molecule has 0 atom stereocenters. The summed E-state index contributed by atoms with van der Waals surface area (Å²) in [5, 5.41) is 6.07. The summed E-state index contributed by atoms with van der Waals surface area (Å²) in [6.07, 6.45) is 1.66. The van der Waals surface area contributed by atoms with Crippen molar-refractivity contribution in [1.82, 2.24) is 5.32 Å². The van der Waals surface area contributed by atoms with Crippen LogP contribution in [-0.2, 0) is 6.54 Å². The van der Waals surface area contributed by atoms with E-state index in [4.69, 9.17) is 0 Å². The molecule has 2 aromatic rings. The molecular weight excluding hydrogens is 248 g/mol. The van der Waals surface area contributed by atoms with Crippen molar-refractivity contribution in [3.63, 3.8) is 0 Å². The Morgan fingerprint density at radius 2 is 1.75 bits per heavy atom. The number of nitrogens with one attached hydrogen (secondary N) is 2. The zero-order valence-electron chi connectivity index (χ0n) is 11.3. The number of rotatable bonds is 6. The van der Waals surface area contributed by atoms with E-state index in [0.717, 1.165) is 12.2 Å². The SMILES string of the molecule is C=CCNC(=O)c1ccc(NCc2ccccc2)cc1. The molecule has 0 aliphatic rings. The molecule has 3 heteroatoms. The maximum absolute atomic E-state index is 11.7. The first-order chi connectivity index (χ1) is 9.79. The van der Waals surface area contributed by atoms with Crippen molar-refractivity contribution in [2.45, 2.75) is 6.54 Å². The van der Waals surface area contributed by atoms with Gasteiger partial charge in [0.05, 0.1) is 0 Å². The molecule has 102 valence electrons. The third-order valence-electron chi connectivity index (χ3n) is 2.89. The van der Waals surface area contributed by atoms with E-state index in [1.165, 1.54) is 5.56 Å². The zero-order valence-corrected chi connectivity index (χ0v) is 11.3. The highest BCUT2D eigenvalue weighted by Gasteiger charge is 2.03. The van der Waals surface area contributed by atoms with Crippen LogP contribution in [0, 0.1) is 0 Å². The lowest BCUT2D eigenvalue weighted by molar-refractivity contribution is 0.0958. The highest BCUT2D eigenvalue weighted by Crippen LogP contribution is 2.11. The molecule has 2 rings (SSSR count). The molecule has 0 bridgehead atoms. The number of amides is 1. The van der Waals surface area contributed by atoms with Crippen molar-refractivity contribution in [3.05, 3.63) is 78.4 Å². The molecule has 0 aromatic heterocycles. The van der Waals surface area contributed by atoms with Crippen LogP contribution in [0.15, 0.2) is 67.3 Å². The van der Waals surface area contributed by atoms with Crippen LogP contribution in [0.5, 0.6) is 0 Å². The summed E-state index contributed by atoms with van der Waals surface area (Å²) in [7, 11) is 0. The third kappa shape index (κ3) is 3.99. The van der Waals surface area contributed by atoms with Crippen molar-refractivity contribution in [3.8, 4) is 0 Å². The predicted octanol–water partition coefficient (Wildman–Crippen LogP) is 3.21. The van der Waals surface area contributed by atoms with Crippen molar-refractivity contribution in [2.75, 3.05) is 11.9 Å². The number of anilines is 1. The summed E-state index contributed by atoms with van der Waals surface area (Å²) in [4.78, 5) is 11.7. The highest BCUT2D eigenvalue weighted by molar-refractivity contribution is 5.94. The molecule has 1 amide bonds. The average molecular weight is 266 g/mol. The van der Waals surface area contributed by atoms with Gasteiger partial charge in [0, 0.05) is 24.3 Å². The summed E-state index contributed by atoms with van der Waals surface area (Å²) < 4.78 is 0. The van der Waals surface area contributed by atoms with E-state index in [9.17, 15) is 4.79 Å². The van der Waals surface area contributed by atoms with Gasteiger partial charge in [0.2, 0.25) is 0 Å². The minimum absolute atomic E-state index is 0.0838. The van der Waals surface area contributed by atoms with Gasteiger partial charge in [-0.2, -0.15) is 0 Å². The van der Waals surface area contributed by atoms with Crippen LogP contribution in [0.25, 0.3) is 0 Å². The highest BCUT2D eigenvalue weighted by atomic mass is 16.1. The van der Waals surface area contributed by atoms with E-state index in [0.29, 0.717) is 12.1 Å². The first-order valence-electron chi connectivity index (χ1n) is 6.56. The van der Waals surface area contributed by atoms with Gasteiger partial charge in [0.15, 0.2) is 0 Å². The Labute approximate surface area is 119 Å². The fraction of sp³-hybridized carbons (Fsp3) is 0.118. The predicted molar refractivity (Wildman–Crippen MR) is 82.7 cm³/mol. The Kier molecular flexibility index (Phi) is 4.95. The van der Waals surface area contributed by atoms with Gasteiger partial charge in [-0.25, -0.2) is 0 Å². The van der Waals surface area contributed by atoms with Crippen molar-refractivity contribution in [2.24, 2.45) is 0 Å². The molecule has 0 saturated carbocycles. The summed E-state index contributed by atoms with van der Waals surface area (Å²) in [5.41, 5.74) is 2.87. The van der Waals surface area contributed by atoms with Gasteiger partial charge in [0.1, 0.15) is 0 Å². The van der Waals surface area contributed by atoms with Crippen LogP contribution >= 0.6 is 0 Å². The number of hydrogen-bond acceptors (Lipinski definition) is 2. The van der Waals surface area contributed by atoms with Crippen LogP contribution in [0.3, 0.4) is 0 Å². The number of hydrogen-bond donors (Lipinski definition) is 2. The summed E-state index contributed by atoms with van der Waals surface area (Å²) in [6.45, 7) is 4.81. The van der Waals surface area contributed by atoms with Crippen molar-refractivity contribution >= 4 is 11.6 Å². The van der Waals surface area contributed by atoms with Gasteiger partial charge in [-0.3, -0.25) is 4.79 Å². The molecule has 2 aromatic carbocycles. The molecule has 3 nitrogen and oxygen atoms in total. The molecule has 0 spiro atoms. The van der Waals surface area contributed by atoms with E-state index >= 15 is 0 Å². The molecule has 20 heavy (non-hydrogen) atoms. The number of carbonyl (C=O) groups excluding carboxylic acids is 1. The maximum Gasteiger partial charge on any atom is 0.251 e. The van der Waals surface area contributed by atoms with Gasteiger partial charge in [0.25, 0.3) is 5.91 Å². The smallest absolute Gasteiger partial charge is 0.251 e. The molecule has 0 unspecified atom stereocenters. The minimum atomic E-state index is -0.0838. The lowest BCUT2D eigenvalue weighted by atomic mass is 10.2. The Hall–Kier alpha value is -2.55. The molecular formula is C17H18N2O. The molecule has 2 N–H and O–H groups in total. The lowest BCUT2D eigenvalue weighted by Crippen LogP contribution is -2.23. The van der Waals surface area contributed by atoms with Crippen molar-refractivity contribution in [1.29, 1.82) is 0 Å². The van der Waals surface area contributed by atoms with Gasteiger partial charge < -0.3 is 10.6 Å². The van der Waals surface area contributed by atoms with Gasteiger partial charge >= 0.3 is 0 Å². The van der Waals surface area contributed by atoms with Gasteiger partial charge in [-0.15, -0.1) is 6.58 Å².